The lowest BCUT2D eigenvalue weighted by Crippen LogP contribution is -1.94. The van der Waals surface area contributed by atoms with E-state index in [2.05, 4.69) is 29.0 Å². The number of allylic oxidation sites excluding steroid dienone is 1. The predicted molar refractivity (Wildman–Crippen MR) is 58.8 cm³/mol. The summed E-state index contributed by atoms with van der Waals surface area (Å²) in [6, 6.07) is 6.16. The Bertz CT molecular complexity index is 468. The molecule has 2 aromatic rings. The highest BCUT2D eigenvalue weighted by molar-refractivity contribution is 5.80. The number of aromatic nitrogens is 2. The molecule has 1 heterocycles. The van der Waals surface area contributed by atoms with E-state index >= 15 is 0 Å². The van der Waals surface area contributed by atoms with Crippen molar-refractivity contribution in [2.45, 2.75) is 6.92 Å². The molecule has 0 aliphatic rings. The maximum atomic E-state index is 5.46. The summed E-state index contributed by atoms with van der Waals surface area (Å²) in [5.74, 6) is 0. The van der Waals surface area contributed by atoms with Crippen molar-refractivity contribution in [1.82, 2.24) is 9.97 Å². The Kier molecular flexibility index (Phi) is 2.33. The standard InChI is InChI=1S/C11H13N3/c1-8(4-5-12)9-2-3-10-11(6-9)14-7-13-10/h2-4,6-7H,5,12H2,1H3,(H,13,14)/b8-4-. The number of fused-ring (bicyclic) bond motifs is 1. The molecule has 0 bridgehead atoms. The van der Waals surface area contributed by atoms with Crippen molar-refractivity contribution in [3.63, 3.8) is 0 Å². The molecule has 0 amide bonds. The molecule has 14 heavy (non-hydrogen) atoms. The summed E-state index contributed by atoms with van der Waals surface area (Å²) < 4.78 is 0. The Hall–Kier alpha value is -1.61. The zero-order chi connectivity index (χ0) is 9.97. The lowest BCUT2D eigenvalue weighted by atomic mass is 10.1. The molecule has 0 saturated heterocycles. The van der Waals surface area contributed by atoms with Crippen LogP contribution in [-0.2, 0) is 0 Å². The van der Waals surface area contributed by atoms with Crippen molar-refractivity contribution in [3.8, 4) is 0 Å². The highest BCUT2D eigenvalue weighted by Crippen LogP contribution is 2.18. The topological polar surface area (TPSA) is 54.7 Å². The van der Waals surface area contributed by atoms with E-state index in [0.29, 0.717) is 6.54 Å². The van der Waals surface area contributed by atoms with Gasteiger partial charge in [0.05, 0.1) is 17.4 Å². The number of rotatable bonds is 2. The summed E-state index contributed by atoms with van der Waals surface area (Å²) in [4.78, 5) is 7.25. The fraction of sp³-hybridized carbons (Fsp3) is 0.182. The number of H-pyrrole nitrogens is 1. The summed E-state index contributed by atoms with van der Waals surface area (Å²) in [6.07, 6.45) is 3.72. The average Bonchev–Trinajstić information content (AvgIpc) is 2.64. The molecular weight excluding hydrogens is 174 g/mol. The smallest absolute Gasteiger partial charge is 0.0931 e. The highest BCUT2D eigenvalue weighted by Gasteiger charge is 1.99. The van der Waals surface area contributed by atoms with Crippen LogP contribution in [0.5, 0.6) is 0 Å². The molecular formula is C11H13N3. The van der Waals surface area contributed by atoms with Crippen molar-refractivity contribution >= 4 is 16.6 Å². The predicted octanol–water partition coefficient (Wildman–Crippen LogP) is 1.92. The first-order chi connectivity index (χ1) is 6.81. The van der Waals surface area contributed by atoms with Crippen LogP contribution in [0.4, 0.5) is 0 Å². The van der Waals surface area contributed by atoms with Gasteiger partial charge in [0.25, 0.3) is 0 Å². The molecule has 3 N–H and O–H groups in total. The summed E-state index contributed by atoms with van der Waals surface area (Å²) in [6.45, 7) is 2.64. The zero-order valence-electron chi connectivity index (χ0n) is 8.12. The third-order valence-corrected chi connectivity index (χ3v) is 2.30. The fourth-order valence-electron chi connectivity index (χ4n) is 1.48. The number of nitrogens with two attached hydrogens (primary N) is 1. The molecule has 0 atom stereocenters. The number of hydrogen-bond acceptors (Lipinski definition) is 2. The molecule has 0 unspecified atom stereocenters. The number of imidazole rings is 1. The van der Waals surface area contributed by atoms with E-state index in [9.17, 15) is 0 Å². The van der Waals surface area contributed by atoms with E-state index in [1.807, 2.05) is 12.1 Å². The summed E-state index contributed by atoms with van der Waals surface area (Å²) in [7, 11) is 0. The van der Waals surface area contributed by atoms with Crippen LogP contribution in [0, 0.1) is 0 Å². The van der Waals surface area contributed by atoms with E-state index in [-0.39, 0.29) is 0 Å². The van der Waals surface area contributed by atoms with Crippen LogP contribution in [0.25, 0.3) is 16.6 Å². The number of nitrogens with one attached hydrogen (secondary N) is 1. The molecule has 0 radical (unpaired) electrons. The molecule has 1 aromatic carbocycles. The zero-order valence-corrected chi connectivity index (χ0v) is 8.12. The van der Waals surface area contributed by atoms with Crippen molar-refractivity contribution in [2.24, 2.45) is 5.73 Å². The quantitative estimate of drug-likeness (QED) is 0.754. The number of aromatic amines is 1. The molecule has 0 aliphatic heterocycles. The largest absolute Gasteiger partial charge is 0.345 e. The summed E-state index contributed by atoms with van der Waals surface area (Å²) in [5, 5.41) is 0. The second-order valence-corrected chi connectivity index (χ2v) is 3.26. The minimum atomic E-state index is 0.576. The van der Waals surface area contributed by atoms with Gasteiger partial charge in [-0.05, 0) is 30.2 Å². The normalized spacial score (nSPS) is 12.3. The maximum absolute atomic E-state index is 5.46. The van der Waals surface area contributed by atoms with Gasteiger partial charge in [0.1, 0.15) is 0 Å². The van der Waals surface area contributed by atoms with Gasteiger partial charge in [0.2, 0.25) is 0 Å². The van der Waals surface area contributed by atoms with Crippen LogP contribution < -0.4 is 5.73 Å². The van der Waals surface area contributed by atoms with E-state index in [0.717, 1.165) is 11.0 Å². The SMILES string of the molecule is C/C(=C/CN)c1ccc2nc[nH]c2c1. The van der Waals surface area contributed by atoms with Crippen LogP contribution >= 0.6 is 0 Å². The first kappa shape index (κ1) is 8.97. The van der Waals surface area contributed by atoms with E-state index in [4.69, 9.17) is 5.73 Å². The highest BCUT2D eigenvalue weighted by atomic mass is 14.9. The summed E-state index contributed by atoms with van der Waals surface area (Å²) in [5.41, 5.74) is 9.91. The van der Waals surface area contributed by atoms with Gasteiger partial charge in [-0.15, -0.1) is 0 Å². The van der Waals surface area contributed by atoms with Crippen molar-refractivity contribution in [1.29, 1.82) is 0 Å². The Morgan fingerprint density at radius 1 is 1.57 bits per heavy atom. The Balaban J connectivity index is 2.48. The molecule has 0 spiro atoms. The van der Waals surface area contributed by atoms with Gasteiger partial charge in [-0.25, -0.2) is 4.98 Å². The van der Waals surface area contributed by atoms with Gasteiger partial charge >= 0.3 is 0 Å². The maximum Gasteiger partial charge on any atom is 0.0931 e. The van der Waals surface area contributed by atoms with Crippen LogP contribution in [0.3, 0.4) is 0 Å². The molecule has 0 fully saturated rings. The summed E-state index contributed by atoms with van der Waals surface area (Å²) >= 11 is 0. The Morgan fingerprint density at radius 3 is 3.21 bits per heavy atom. The van der Waals surface area contributed by atoms with E-state index < -0.39 is 0 Å². The van der Waals surface area contributed by atoms with Gasteiger partial charge in [-0.1, -0.05) is 12.1 Å². The van der Waals surface area contributed by atoms with Crippen LogP contribution in [-0.4, -0.2) is 16.5 Å². The van der Waals surface area contributed by atoms with Crippen LogP contribution in [0.15, 0.2) is 30.6 Å². The third kappa shape index (κ3) is 1.54. The van der Waals surface area contributed by atoms with Crippen LogP contribution in [0.1, 0.15) is 12.5 Å². The molecule has 2 rings (SSSR count). The average molecular weight is 187 g/mol. The molecule has 1 aromatic heterocycles. The van der Waals surface area contributed by atoms with Gasteiger partial charge in [0.15, 0.2) is 0 Å². The molecule has 3 heteroatoms. The fourth-order valence-corrected chi connectivity index (χ4v) is 1.48. The van der Waals surface area contributed by atoms with E-state index in [1.165, 1.54) is 11.1 Å². The molecule has 3 nitrogen and oxygen atoms in total. The molecule has 72 valence electrons. The second kappa shape index (κ2) is 3.64. The molecule has 0 aliphatic carbocycles. The number of hydrogen-bond donors (Lipinski definition) is 2. The van der Waals surface area contributed by atoms with Crippen molar-refractivity contribution < 1.29 is 0 Å². The first-order valence-corrected chi connectivity index (χ1v) is 4.61. The van der Waals surface area contributed by atoms with Gasteiger partial charge < -0.3 is 10.7 Å². The number of nitrogens with zero attached hydrogens (tertiary/aromatic N) is 1. The Labute approximate surface area is 82.7 Å². The van der Waals surface area contributed by atoms with Gasteiger partial charge in [-0.2, -0.15) is 0 Å². The number of benzene rings is 1. The van der Waals surface area contributed by atoms with Gasteiger partial charge in [-0.3, -0.25) is 0 Å². The first-order valence-electron chi connectivity index (χ1n) is 4.61. The van der Waals surface area contributed by atoms with E-state index in [1.54, 1.807) is 6.33 Å². The lowest BCUT2D eigenvalue weighted by Gasteiger charge is -2.00. The second-order valence-electron chi connectivity index (χ2n) is 3.26. The minimum absolute atomic E-state index is 0.576. The van der Waals surface area contributed by atoms with Crippen molar-refractivity contribution in [2.75, 3.05) is 6.54 Å². The Morgan fingerprint density at radius 2 is 2.43 bits per heavy atom. The lowest BCUT2D eigenvalue weighted by molar-refractivity contribution is 1.25. The van der Waals surface area contributed by atoms with Gasteiger partial charge in [0, 0.05) is 6.54 Å². The van der Waals surface area contributed by atoms with Crippen molar-refractivity contribution in [3.05, 3.63) is 36.2 Å². The third-order valence-electron chi connectivity index (χ3n) is 2.30. The monoisotopic (exact) mass is 187 g/mol. The van der Waals surface area contributed by atoms with Crippen LogP contribution in [0.2, 0.25) is 0 Å². The molecule has 0 saturated carbocycles. The minimum Gasteiger partial charge on any atom is -0.345 e.